The number of esters is 2. The highest BCUT2D eigenvalue weighted by atomic mass is 35.5. The molecular weight excluding hydrogens is 500 g/mol. The summed E-state index contributed by atoms with van der Waals surface area (Å²) in [6, 6.07) is 14.5. The largest absolute Gasteiger partial charge is 0.493 e. The van der Waals surface area contributed by atoms with Gasteiger partial charge in [0.15, 0.2) is 5.92 Å². The van der Waals surface area contributed by atoms with Crippen LogP contribution in [-0.4, -0.2) is 46.6 Å². The molecule has 0 bridgehead atoms. The standard InChI is InChI=1S/C14H18O4.C11H10N2O2.CH4N2.ClH/c1-4-17-13(15)12(14(16)18-5-2)11-8-6-10(3)7-9-11;1-7-2-4-8(5-3-7)9-10(14)12-6-13-11(9)15;2-1-3;/h6-9,12H,4-5H2,1-3H3;2-6H,1H3,(H2,12,13,14,15);1H,(H3,2,3);1H. The Morgan fingerprint density at radius 1 is 1.00 bits per heavy atom. The lowest BCUT2D eigenvalue weighted by atomic mass is 9.98. The molecule has 3 aromatic rings. The minimum atomic E-state index is -0.995. The van der Waals surface area contributed by atoms with Gasteiger partial charge in [-0.1, -0.05) is 59.7 Å². The maximum Gasteiger partial charge on any atom is 0.324 e. The van der Waals surface area contributed by atoms with E-state index in [1.807, 2.05) is 38.1 Å². The number of aromatic amines is 1. The van der Waals surface area contributed by atoms with Crippen molar-refractivity contribution in [2.45, 2.75) is 33.6 Å². The summed E-state index contributed by atoms with van der Waals surface area (Å²) in [5.41, 5.74) is 7.66. The number of carbonyl (C=O) groups excluding carboxylic acids is 2. The number of aromatic nitrogens is 2. The zero-order valence-corrected chi connectivity index (χ0v) is 22.0. The van der Waals surface area contributed by atoms with Gasteiger partial charge in [0, 0.05) is 0 Å². The van der Waals surface area contributed by atoms with Crippen LogP contribution in [0.1, 0.15) is 36.5 Å². The van der Waals surface area contributed by atoms with Crippen LogP contribution in [0.2, 0.25) is 0 Å². The van der Waals surface area contributed by atoms with Gasteiger partial charge in [0.2, 0.25) is 5.88 Å². The van der Waals surface area contributed by atoms with Crippen LogP contribution in [0.25, 0.3) is 11.1 Å². The molecule has 10 nitrogen and oxygen atoms in total. The molecule has 11 heteroatoms. The fourth-order valence-electron chi connectivity index (χ4n) is 2.95. The summed E-state index contributed by atoms with van der Waals surface area (Å²) in [5.74, 6) is -2.38. The molecule has 37 heavy (non-hydrogen) atoms. The summed E-state index contributed by atoms with van der Waals surface area (Å²) in [6.45, 7) is 7.77. The molecule has 1 aromatic heterocycles. The maximum atomic E-state index is 11.8. The number of nitrogens with two attached hydrogens (primary N) is 1. The summed E-state index contributed by atoms with van der Waals surface area (Å²) < 4.78 is 9.83. The number of hydrogen-bond donors (Lipinski definition) is 4. The van der Waals surface area contributed by atoms with Gasteiger partial charge >= 0.3 is 11.9 Å². The van der Waals surface area contributed by atoms with Crippen molar-refractivity contribution < 1.29 is 24.2 Å². The third-order valence-electron chi connectivity index (χ3n) is 4.63. The highest BCUT2D eigenvalue weighted by Gasteiger charge is 2.31. The monoisotopic (exact) mass is 532 g/mol. The summed E-state index contributed by atoms with van der Waals surface area (Å²) in [5, 5.41) is 15.3. The van der Waals surface area contributed by atoms with Crippen LogP contribution in [0.15, 0.2) is 59.7 Å². The van der Waals surface area contributed by atoms with Crippen LogP contribution in [0.4, 0.5) is 0 Å². The van der Waals surface area contributed by atoms with Gasteiger partial charge in [-0.25, -0.2) is 4.98 Å². The first-order chi connectivity index (χ1) is 17.2. The van der Waals surface area contributed by atoms with Gasteiger partial charge < -0.3 is 25.3 Å². The molecule has 0 atom stereocenters. The van der Waals surface area contributed by atoms with Crippen molar-refractivity contribution in [3.63, 3.8) is 0 Å². The quantitative estimate of drug-likeness (QED) is 0.161. The first kappa shape index (κ1) is 32.8. The molecule has 0 radical (unpaired) electrons. The number of nitrogens with zero attached hydrogens (tertiary/aromatic N) is 1. The fraction of sp³-hybridized carbons (Fsp3) is 0.269. The lowest BCUT2D eigenvalue weighted by Crippen LogP contribution is -2.26. The van der Waals surface area contributed by atoms with E-state index in [2.05, 4.69) is 15.7 Å². The van der Waals surface area contributed by atoms with Crippen LogP contribution >= 0.6 is 12.4 Å². The number of aromatic hydroxyl groups is 1. The average Bonchev–Trinajstić information content (AvgIpc) is 2.83. The number of ether oxygens (including phenoxy) is 2. The van der Waals surface area contributed by atoms with Crippen LogP contribution in [0.5, 0.6) is 5.88 Å². The zero-order chi connectivity index (χ0) is 27.1. The van der Waals surface area contributed by atoms with Gasteiger partial charge in [-0.15, -0.1) is 12.4 Å². The molecule has 0 fully saturated rings. The van der Waals surface area contributed by atoms with Gasteiger partial charge in [-0.3, -0.25) is 19.8 Å². The average molecular weight is 533 g/mol. The van der Waals surface area contributed by atoms with Crippen LogP contribution in [-0.2, 0) is 19.1 Å². The lowest BCUT2D eigenvalue weighted by Gasteiger charge is -2.14. The lowest BCUT2D eigenvalue weighted by molar-refractivity contribution is -0.156. The van der Waals surface area contributed by atoms with E-state index in [0.717, 1.165) is 17.5 Å². The Bertz CT molecular complexity index is 1160. The van der Waals surface area contributed by atoms with E-state index in [-0.39, 0.29) is 42.6 Å². The van der Waals surface area contributed by atoms with E-state index < -0.39 is 17.9 Å². The van der Waals surface area contributed by atoms with Crippen LogP contribution in [0, 0.1) is 19.3 Å². The second-order valence-electron chi connectivity index (χ2n) is 7.31. The Morgan fingerprint density at radius 2 is 1.43 bits per heavy atom. The molecular formula is C26H33ClN4O6. The molecule has 0 aliphatic carbocycles. The summed E-state index contributed by atoms with van der Waals surface area (Å²) in [4.78, 5) is 41.2. The Kier molecular flexibility index (Phi) is 15.3. The normalized spacial score (nSPS) is 9.43. The highest BCUT2D eigenvalue weighted by molar-refractivity contribution is 6.00. The molecule has 0 saturated carbocycles. The van der Waals surface area contributed by atoms with E-state index in [1.165, 1.54) is 6.33 Å². The number of H-pyrrole nitrogens is 1. The zero-order valence-electron chi connectivity index (χ0n) is 21.2. The highest BCUT2D eigenvalue weighted by Crippen LogP contribution is 2.22. The number of rotatable bonds is 6. The molecule has 200 valence electrons. The number of halogens is 1. The summed E-state index contributed by atoms with van der Waals surface area (Å²) in [6.07, 6.45) is 1.93. The predicted molar refractivity (Wildman–Crippen MR) is 144 cm³/mol. The van der Waals surface area contributed by atoms with Crippen molar-refractivity contribution in [2.24, 2.45) is 5.73 Å². The second kappa shape index (κ2) is 17.3. The number of nitrogens with one attached hydrogen (secondary N) is 2. The molecule has 0 aliphatic heterocycles. The van der Waals surface area contributed by atoms with Crippen molar-refractivity contribution in [2.75, 3.05) is 13.2 Å². The minimum Gasteiger partial charge on any atom is -0.493 e. The topological polar surface area (TPSA) is 168 Å². The van der Waals surface area contributed by atoms with Gasteiger partial charge in [-0.05, 0) is 38.8 Å². The third kappa shape index (κ3) is 10.5. The molecule has 0 saturated heterocycles. The smallest absolute Gasteiger partial charge is 0.324 e. The predicted octanol–water partition coefficient (Wildman–Crippen LogP) is 3.63. The van der Waals surface area contributed by atoms with Gasteiger partial charge in [0.05, 0.1) is 25.9 Å². The van der Waals surface area contributed by atoms with Crippen molar-refractivity contribution in [3.8, 4) is 17.0 Å². The molecule has 1 heterocycles. The molecule has 0 spiro atoms. The SMILES string of the molecule is CCOC(=O)C(C(=O)OCC)c1ccc(C)cc1.Cc1ccc(-c2c(O)nc[nH]c2=O)cc1.Cl.N=CN. The molecule has 2 aromatic carbocycles. The number of aryl methyl sites for hydroxylation is 2. The van der Waals surface area contributed by atoms with Crippen LogP contribution in [0.3, 0.4) is 0 Å². The number of benzene rings is 2. The van der Waals surface area contributed by atoms with E-state index in [9.17, 15) is 19.5 Å². The number of carbonyl (C=O) groups is 2. The van der Waals surface area contributed by atoms with Crippen LogP contribution < -0.4 is 11.3 Å². The Labute approximate surface area is 221 Å². The van der Waals surface area contributed by atoms with Crippen molar-refractivity contribution in [1.29, 1.82) is 5.41 Å². The number of hydrogen-bond acceptors (Lipinski definition) is 8. The fourth-order valence-corrected chi connectivity index (χ4v) is 2.95. The second-order valence-corrected chi connectivity index (χ2v) is 7.31. The molecule has 5 N–H and O–H groups in total. The summed E-state index contributed by atoms with van der Waals surface area (Å²) >= 11 is 0. The van der Waals surface area contributed by atoms with Gasteiger partial charge in [0.1, 0.15) is 5.56 Å². The van der Waals surface area contributed by atoms with E-state index in [4.69, 9.17) is 14.9 Å². The van der Waals surface area contributed by atoms with Crippen molar-refractivity contribution in [1.82, 2.24) is 9.97 Å². The van der Waals surface area contributed by atoms with E-state index in [1.54, 1.807) is 38.1 Å². The Balaban J connectivity index is 0.000000624. The molecule has 0 aliphatic rings. The minimum absolute atomic E-state index is 0. The van der Waals surface area contributed by atoms with Gasteiger partial charge in [-0.2, -0.15) is 0 Å². The Morgan fingerprint density at radius 3 is 1.84 bits per heavy atom. The third-order valence-corrected chi connectivity index (χ3v) is 4.63. The van der Waals surface area contributed by atoms with Crippen molar-refractivity contribution >= 4 is 30.7 Å². The van der Waals surface area contributed by atoms with E-state index >= 15 is 0 Å². The molecule has 3 rings (SSSR count). The van der Waals surface area contributed by atoms with Gasteiger partial charge in [0.25, 0.3) is 5.56 Å². The Hall–Kier alpha value is -4.18. The van der Waals surface area contributed by atoms with Crippen molar-refractivity contribution in [3.05, 3.63) is 81.9 Å². The maximum absolute atomic E-state index is 11.8. The first-order valence-corrected chi connectivity index (χ1v) is 11.1. The first-order valence-electron chi connectivity index (χ1n) is 11.1. The molecule has 0 unspecified atom stereocenters. The van der Waals surface area contributed by atoms with E-state index in [0.29, 0.717) is 11.1 Å². The summed E-state index contributed by atoms with van der Waals surface area (Å²) in [7, 11) is 0. The molecule has 0 amide bonds.